The van der Waals surface area contributed by atoms with Gasteiger partial charge in [0.05, 0.1) is 13.2 Å². The lowest BCUT2D eigenvalue weighted by atomic mass is 10.0. The van der Waals surface area contributed by atoms with Crippen molar-refractivity contribution in [2.75, 3.05) is 30.0 Å². The average molecular weight is 596 g/mol. The molecule has 19 heteroatoms. The number of thioether (sulfide) groups is 2. The van der Waals surface area contributed by atoms with Gasteiger partial charge in [0.25, 0.3) is 11.8 Å². The highest BCUT2D eigenvalue weighted by atomic mass is 32.2. The van der Waals surface area contributed by atoms with Crippen molar-refractivity contribution in [1.29, 1.82) is 0 Å². The number of tetrazole rings is 1. The molecule has 2 aliphatic rings. The van der Waals surface area contributed by atoms with Crippen LogP contribution in [0.4, 0.5) is 5.13 Å². The van der Waals surface area contributed by atoms with Crippen molar-refractivity contribution in [3.8, 4) is 0 Å². The molecule has 0 radical (unpaired) electrons. The highest BCUT2D eigenvalue weighted by Gasteiger charge is 2.54. The molecule has 206 valence electrons. The summed E-state index contributed by atoms with van der Waals surface area (Å²) in [7, 11) is 0. The largest absolute Gasteiger partial charge is 0.477 e. The number of aromatic nitrogens is 5. The molecule has 2 aliphatic heterocycles. The van der Waals surface area contributed by atoms with Gasteiger partial charge in [-0.3, -0.25) is 19.3 Å². The number of amides is 3. The second-order valence-corrected chi connectivity index (χ2v) is 10.5. The number of anilines is 1. The van der Waals surface area contributed by atoms with E-state index in [1.54, 1.807) is 0 Å². The number of carboxylic acids is 1. The number of nitrogens with one attached hydrogen (secondary N) is 2. The number of fused-ring (bicyclic) bond motifs is 1. The van der Waals surface area contributed by atoms with Crippen molar-refractivity contribution in [2.45, 2.75) is 23.1 Å². The quantitative estimate of drug-likeness (QED) is 0.0398. The molecule has 0 bridgehead atoms. The molecular weight excluding hydrogens is 574 g/mol. The predicted octanol–water partition coefficient (Wildman–Crippen LogP) is -0.872. The number of nitrogens with zero attached hydrogens (tertiary/aromatic N) is 7. The summed E-state index contributed by atoms with van der Waals surface area (Å²) in [6.45, 7) is 3.54. The number of carboxylic acid groups (broad SMARTS) is 1. The molecule has 16 nitrogen and oxygen atoms in total. The third-order valence-electron chi connectivity index (χ3n) is 5.22. The van der Waals surface area contributed by atoms with Gasteiger partial charge in [0, 0.05) is 16.9 Å². The van der Waals surface area contributed by atoms with Crippen LogP contribution in [0.3, 0.4) is 0 Å². The van der Waals surface area contributed by atoms with Crippen LogP contribution in [-0.2, 0) is 30.6 Å². The van der Waals surface area contributed by atoms with E-state index >= 15 is 0 Å². The predicted molar refractivity (Wildman–Crippen MR) is 140 cm³/mol. The lowest BCUT2D eigenvalue weighted by Crippen LogP contribution is -2.71. The van der Waals surface area contributed by atoms with E-state index in [0.717, 1.165) is 16.2 Å². The van der Waals surface area contributed by atoms with Gasteiger partial charge in [-0.15, -0.1) is 28.2 Å². The van der Waals surface area contributed by atoms with Crippen molar-refractivity contribution >= 4 is 69.9 Å². The Kier molecular flexibility index (Phi) is 9.28. The molecule has 0 spiro atoms. The average Bonchev–Trinajstić information content (AvgIpc) is 3.57. The first-order valence-corrected chi connectivity index (χ1v) is 14.0. The topological polar surface area (TPSA) is 214 Å². The Balaban J connectivity index is 1.48. The minimum absolute atomic E-state index is 0.00883. The molecule has 2 aromatic rings. The number of thiazole rings is 1. The summed E-state index contributed by atoms with van der Waals surface area (Å²) >= 11 is 3.54. The lowest BCUT2D eigenvalue weighted by Gasteiger charge is -2.49. The molecule has 1 unspecified atom stereocenters. The number of rotatable bonds is 14. The summed E-state index contributed by atoms with van der Waals surface area (Å²) in [5.41, 5.74) is 0.212. The summed E-state index contributed by atoms with van der Waals surface area (Å²) in [5.74, 6) is -2.15. The number of aliphatic carboxylic acids is 1. The monoisotopic (exact) mass is 595 g/mol. The molecule has 2 aromatic heterocycles. The zero-order valence-corrected chi connectivity index (χ0v) is 22.4. The molecule has 0 aromatic carbocycles. The maximum atomic E-state index is 13.1. The van der Waals surface area contributed by atoms with Crippen LogP contribution >= 0.6 is 34.9 Å². The molecule has 1 saturated heterocycles. The Morgan fingerprint density at radius 2 is 2.23 bits per heavy atom. The van der Waals surface area contributed by atoms with Crippen LogP contribution in [0.15, 0.2) is 39.6 Å². The fourth-order valence-corrected chi connectivity index (χ4v) is 6.59. The van der Waals surface area contributed by atoms with Gasteiger partial charge in [0.15, 0.2) is 10.8 Å². The fourth-order valence-electron chi connectivity index (χ4n) is 3.55. The Morgan fingerprint density at radius 3 is 2.95 bits per heavy atom. The van der Waals surface area contributed by atoms with Crippen LogP contribution in [0.25, 0.3) is 0 Å². The Morgan fingerprint density at radius 1 is 1.41 bits per heavy atom. The number of carbonyl (C=O) groups excluding carboxylic acids is 3. The molecule has 39 heavy (non-hydrogen) atoms. The van der Waals surface area contributed by atoms with Crippen LogP contribution in [-0.4, -0.2) is 106 Å². The van der Waals surface area contributed by atoms with Crippen LogP contribution < -0.4 is 10.6 Å². The molecule has 0 aliphatic carbocycles. The number of aliphatic hydroxyl groups excluding tert-OH is 1. The zero-order chi connectivity index (χ0) is 27.9. The minimum atomic E-state index is -1.28. The summed E-state index contributed by atoms with van der Waals surface area (Å²) in [5, 5.41) is 40.5. The van der Waals surface area contributed by atoms with Gasteiger partial charge in [-0.1, -0.05) is 29.6 Å². The van der Waals surface area contributed by atoms with Crippen molar-refractivity contribution in [1.82, 2.24) is 35.4 Å². The smallest absolute Gasteiger partial charge is 0.352 e. The molecule has 4 N–H and O–H groups in total. The van der Waals surface area contributed by atoms with E-state index < -0.39 is 29.2 Å². The maximum absolute atomic E-state index is 13.1. The third-order valence-corrected chi connectivity index (χ3v) is 8.37. The van der Waals surface area contributed by atoms with E-state index in [1.807, 2.05) is 0 Å². The molecule has 3 amide bonds. The molecule has 4 heterocycles. The number of hydrogen-bond acceptors (Lipinski definition) is 14. The van der Waals surface area contributed by atoms with Crippen molar-refractivity contribution < 1.29 is 34.2 Å². The highest BCUT2D eigenvalue weighted by molar-refractivity contribution is 8.01. The van der Waals surface area contributed by atoms with Crippen LogP contribution in [0.1, 0.15) is 5.69 Å². The Labute approximate surface area is 232 Å². The molecule has 2 atom stereocenters. The lowest BCUT2D eigenvalue weighted by molar-refractivity contribution is -0.150. The van der Waals surface area contributed by atoms with Crippen LogP contribution in [0.5, 0.6) is 0 Å². The standard InChI is InChI=1S/C20H21N9O7S3/c1-2-5-36-25-12(11-8-38-19(22-11)21-9-31)15(32)23-13-16(33)29-14(18(34)35)10(6-37-17(13)29)7-39-20-24-26-27-28(20)3-4-30/h2,8-9,13,17,30H,1,3-7H2,(H,23,32)(H,34,35)(H,21,22,31)/t13?,17-/m0/s1. The van der Waals surface area contributed by atoms with Gasteiger partial charge in [-0.05, 0) is 16.0 Å². The van der Waals surface area contributed by atoms with Gasteiger partial charge in [-0.2, -0.15) is 0 Å². The van der Waals surface area contributed by atoms with Gasteiger partial charge in [0.2, 0.25) is 11.6 Å². The Hall–Kier alpha value is -3.81. The van der Waals surface area contributed by atoms with Crippen molar-refractivity contribution in [2.24, 2.45) is 5.16 Å². The number of hydrogen-bond donors (Lipinski definition) is 4. The van der Waals surface area contributed by atoms with Gasteiger partial charge in [-0.25, -0.2) is 14.5 Å². The zero-order valence-electron chi connectivity index (χ0n) is 19.9. The van der Waals surface area contributed by atoms with E-state index in [9.17, 15) is 24.3 Å². The van der Waals surface area contributed by atoms with Crippen molar-refractivity contribution in [3.63, 3.8) is 0 Å². The van der Waals surface area contributed by atoms with Gasteiger partial charge in [0.1, 0.15) is 29.4 Å². The highest BCUT2D eigenvalue weighted by Crippen LogP contribution is 2.41. The molecule has 4 rings (SSSR count). The summed E-state index contributed by atoms with van der Waals surface area (Å²) in [6, 6.07) is -1.02. The first-order chi connectivity index (χ1) is 18.9. The SMILES string of the molecule is C=CCON=C(C(=O)NC1C(=O)N2C(C(=O)O)=C(CSc3nnnn3CCO)CS[C@@H]12)c1csc(NC=O)n1. The summed E-state index contributed by atoms with van der Waals surface area (Å²) in [6.07, 6.45) is 1.86. The molecular formula is C20H21N9O7S3. The number of aliphatic hydroxyl groups is 1. The summed E-state index contributed by atoms with van der Waals surface area (Å²) < 4.78 is 1.39. The molecule has 1 fully saturated rings. The second kappa shape index (κ2) is 12.8. The van der Waals surface area contributed by atoms with Crippen molar-refractivity contribution in [3.05, 3.63) is 35.0 Å². The molecule has 0 saturated carbocycles. The third kappa shape index (κ3) is 6.10. The minimum Gasteiger partial charge on any atom is -0.477 e. The second-order valence-electron chi connectivity index (χ2n) is 7.64. The summed E-state index contributed by atoms with van der Waals surface area (Å²) in [4.78, 5) is 59.3. The van der Waals surface area contributed by atoms with E-state index in [2.05, 4.69) is 42.9 Å². The van der Waals surface area contributed by atoms with E-state index in [-0.39, 0.29) is 53.5 Å². The first kappa shape index (κ1) is 28.2. The van der Waals surface area contributed by atoms with E-state index in [1.165, 1.54) is 39.7 Å². The maximum Gasteiger partial charge on any atom is 0.352 e. The number of carbonyl (C=O) groups is 4. The van der Waals surface area contributed by atoms with Crippen LogP contribution in [0, 0.1) is 0 Å². The van der Waals surface area contributed by atoms with E-state index in [0.29, 0.717) is 17.1 Å². The number of β-lactam (4-membered cyclic amide) rings is 1. The van der Waals surface area contributed by atoms with Crippen LogP contribution in [0.2, 0.25) is 0 Å². The fraction of sp³-hybridized carbons (Fsp3) is 0.350. The normalized spacial score (nSPS) is 18.7. The number of oxime groups is 1. The first-order valence-electron chi connectivity index (χ1n) is 11.1. The van der Waals surface area contributed by atoms with Gasteiger partial charge < -0.3 is 25.7 Å². The van der Waals surface area contributed by atoms with E-state index in [4.69, 9.17) is 9.94 Å². The Bertz CT molecular complexity index is 1340. The van der Waals surface area contributed by atoms with Gasteiger partial charge >= 0.3 is 5.97 Å².